The van der Waals surface area contributed by atoms with Gasteiger partial charge >= 0.3 is 6.03 Å². The van der Waals surface area contributed by atoms with Crippen LogP contribution < -0.4 is 10.9 Å². The summed E-state index contributed by atoms with van der Waals surface area (Å²) in [6.07, 6.45) is 0.820. The number of amides is 2. The maximum absolute atomic E-state index is 12.2. The first-order chi connectivity index (χ1) is 13.2. The summed E-state index contributed by atoms with van der Waals surface area (Å²) in [5, 5.41) is 3.54. The lowest BCUT2D eigenvalue weighted by Gasteiger charge is -2.34. The smallest absolute Gasteiger partial charge is 0.317 e. The van der Waals surface area contributed by atoms with Crippen LogP contribution in [0.3, 0.4) is 0 Å². The molecule has 3 rings (SSSR count). The highest BCUT2D eigenvalue weighted by atomic mass is 16.5. The van der Waals surface area contributed by atoms with Gasteiger partial charge in [0.1, 0.15) is 5.82 Å². The van der Waals surface area contributed by atoms with Crippen LogP contribution in [0.2, 0.25) is 0 Å². The third-order valence-electron chi connectivity index (χ3n) is 4.64. The van der Waals surface area contributed by atoms with Crippen LogP contribution in [0.5, 0.6) is 0 Å². The molecule has 1 saturated heterocycles. The average molecular weight is 373 g/mol. The van der Waals surface area contributed by atoms with Crippen molar-refractivity contribution >= 4 is 16.9 Å². The lowest BCUT2D eigenvalue weighted by atomic mass is 10.2. The Labute approximate surface area is 158 Å². The van der Waals surface area contributed by atoms with Crippen molar-refractivity contribution in [3.63, 3.8) is 0 Å². The molecule has 0 aliphatic carbocycles. The number of piperazine rings is 1. The highest BCUT2D eigenvalue weighted by Gasteiger charge is 2.21. The highest BCUT2D eigenvalue weighted by molar-refractivity contribution is 5.77. The van der Waals surface area contributed by atoms with Gasteiger partial charge in [0.2, 0.25) is 0 Å². The Hall–Kier alpha value is -2.45. The second-order valence-corrected chi connectivity index (χ2v) is 6.58. The molecular formula is C19H27N5O3. The molecular weight excluding hydrogens is 346 g/mol. The summed E-state index contributed by atoms with van der Waals surface area (Å²) >= 11 is 0. The molecule has 8 nitrogen and oxygen atoms in total. The second kappa shape index (κ2) is 9.48. The standard InChI is InChI=1S/C19H27N5O3/c1-2-27-13-5-8-20-19(26)24-11-9-23(10-12-24)14-17-21-16-7-4-3-6-15(16)18(25)22-17/h3-4,6-7H,2,5,8-14H2,1H3,(H,20,26)(H,21,22,25). The molecule has 1 aliphatic heterocycles. The van der Waals surface area contributed by atoms with Crippen molar-refractivity contribution in [1.29, 1.82) is 0 Å². The van der Waals surface area contributed by atoms with E-state index in [9.17, 15) is 9.59 Å². The second-order valence-electron chi connectivity index (χ2n) is 6.58. The summed E-state index contributed by atoms with van der Waals surface area (Å²) in [4.78, 5) is 35.8. The Balaban J connectivity index is 1.47. The minimum Gasteiger partial charge on any atom is -0.382 e. The normalized spacial score (nSPS) is 15.2. The summed E-state index contributed by atoms with van der Waals surface area (Å²) in [5.41, 5.74) is 0.599. The van der Waals surface area contributed by atoms with Crippen molar-refractivity contribution < 1.29 is 9.53 Å². The van der Waals surface area contributed by atoms with Crippen LogP contribution in [0.4, 0.5) is 4.79 Å². The number of nitrogens with zero attached hydrogens (tertiary/aromatic N) is 3. The van der Waals surface area contributed by atoms with Crippen LogP contribution in [0, 0.1) is 0 Å². The first kappa shape index (κ1) is 19.3. The number of aromatic amines is 1. The Kier molecular flexibility index (Phi) is 6.78. The number of hydrogen-bond donors (Lipinski definition) is 2. The van der Waals surface area contributed by atoms with Crippen LogP contribution in [-0.4, -0.2) is 71.7 Å². The van der Waals surface area contributed by atoms with Crippen LogP contribution in [0.15, 0.2) is 29.1 Å². The predicted octanol–water partition coefficient (Wildman–Crippen LogP) is 1.18. The van der Waals surface area contributed by atoms with Gasteiger partial charge in [-0.05, 0) is 25.5 Å². The third-order valence-corrected chi connectivity index (χ3v) is 4.64. The molecule has 0 radical (unpaired) electrons. The topological polar surface area (TPSA) is 90.6 Å². The summed E-state index contributed by atoms with van der Waals surface area (Å²) in [5.74, 6) is 0.660. The third kappa shape index (κ3) is 5.27. The van der Waals surface area contributed by atoms with Crippen molar-refractivity contribution in [3.05, 3.63) is 40.4 Å². The van der Waals surface area contributed by atoms with Gasteiger partial charge in [0.15, 0.2) is 0 Å². The minimum absolute atomic E-state index is 0.0246. The van der Waals surface area contributed by atoms with Gasteiger partial charge in [-0.2, -0.15) is 0 Å². The number of ether oxygens (including phenoxy) is 1. The zero-order valence-electron chi connectivity index (χ0n) is 15.7. The minimum atomic E-state index is -0.110. The van der Waals surface area contributed by atoms with E-state index in [1.165, 1.54) is 0 Å². The van der Waals surface area contributed by atoms with Gasteiger partial charge in [0.25, 0.3) is 5.56 Å². The maximum atomic E-state index is 12.2. The van der Waals surface area contributed by atoms with E-state index in [1.54, 1.807) is 6.07 Å². The molecule has 0 spiro atoms. The monoisotopic (exact) mass is 373 g/mol. The number of benzene rings is 1. The van der Waals surface area contributed by atoms with Crippen molar-refractivity contribution in [1.82, 2.24) is 25.1 Å². The quantitative estimate of drug-likeness (QED) is 0.711. The SMILES string of the molecule is CCOCCCNC(=O)N1CCN(Cc2nc3ccccc3c(=O)[nH]2)CC1. The summed E-state index contributed by atoms with van der Waals surface area (Å²) in [6.45, 7) is 7.36. The number of hydrogen-bond acceptors (Lipinski definition) is 5. The first-order valence-electron chi connectivity index (χ1n) is 9.48. The molecule has 1 aromatic heterocycles. The molecule has 0 unspecified atom stereocenters. The fourth-order valence-electron chi connectivity index (χ4n) is 3.16. The molecule has 1 aromatic carbocycles. The Morgan fingerprint density at radius 1 is 1.26 bits per heavy atom. The summed E-state index contributed by atoms with van der Waals surface area (Å²) in [6, 6.07) is 7.31. The molecule has 0 atom stereocenters. The maximum Gasteiger partial charge on any atom is 0.317 e. The number of fused-ring (bicyclic) bond motifs is 1. The van der Waals surface area contributed by atoms with Gasteiger partial charge < -0.3 is 19.9 Å². The van der Waals surface area contributed by atoms with E-state index in [-0.39, 0.29) is 11.6 Å². The molecule has 0 bridgehead atoms. The van der Waals surface area contributed by atoms with Crippen molar-refractivity contribution in [2.45, 2.75) is 19.9 Å². The van der Waals surface area contributed by atoms with E-state index in [0.29, 0.717) is 56.1 Å². The van der Waals surface area contributed by atoms with Crippen molar-refractivity contribution in [2.24, 2.45) is 0 Å². The van der Waals surface area contributed by atoms with E-state index >= 15 is 0 Å². The van der Waals surface area contributed by atoms with E-state index in [0.717, 1.165) is 19.5 Å². The van der Waals surface area contributed by atoms with Gasteiger partial charge in [0, 0.05) is 45.9 Å². The molecule has 1 fully saturated rings. The molecule has 0 saturated carbocycles. The van der Waals surface area contributed by atoms with Crippen molar-refractivity contribution in [2.75, 3.05) is 45.9 Å². The number of rotatable bonds is 7. The fraction of sp³-hybridized carbons (Fsp3) is 0.526. The Morgan fingerprint density at radius 2 is 2.04 bits per heavy atom. The fourth-order valence-corrected chi connectivity index (χ4v) is 3.16. The van der Waals surface area contributed by atoms with Gasteiger partial charge in [-0.15, -0.1) is 0 Å². The lowest BCUT2D eigenvalue weighted by Crippen LogP contribution is -2.51. The number of carbonyl (C=O) groups excluding carboxylic acids is 1. The number of aromatic nitrogens is 2. The van der Waals surface area contributed by atoms with Gasteiger partial charge in [-0.1, -0.05) is 12.1 Å². The number of carbonyl (C=O) groups is 1. The number of para-hydroxylation sites is 1. The molecule has 2 N–H and O–H groups in total. The van der Waals surface area contributed by atoms with E-state index in [1.807, 2.05) is 30.0 Å². The van der Waals surface area contributed by atoms with Gasteiger partial charge in [0.05, 0.1) is 17.4 Å². The highest BCUT2D eigenvalue weighted by Crippen LogP contribution is 2.09. The largest absolute Gasteiger partial charge is 0.382 e. The molecule has 2 heterocycles. The summed E-state index contributed by atoms with van der Waals surface area (Å²) < 4.78 is 5.26. The zero-order chi connectivity index (χ0) is 19.1. The van der Waals surface area contributed by atoms with E-state index in [4.69, 9.17) is 4.74 Å². The predicted molar refractivity (Wildman–Crippen MR) is 104 cm³/mol. The Morgan fingerprint density at radius 3 is 2.81 bits per heavy atom. The summed E-state index contributed by atoms with van der Waals surface area (Å²) in [7, 11) is 0. The molecule has 27 heavy (non-hydrogen) atoms. The van der Waals surface area contributed by atoms with Crippen LogP contribution in [0.25, 0.3) is 10.9 Å². The van der Waals surface area contributed by atoms with E-state index in [2.05, 4.69) is 20.2 Å². The molecule has 2 amide bonds. The first-order valence-corrected chi connectivity index (χ1v) is 9.48. The number of nitrogens with one attached hydrogen (secondary N) is 2. The number of H-pyrrole nitrogens is 1. The molecule has 8 heteroatoms. The molecule has 146 valence electrons. The Bertz CT molecular complexity index is 814. The zero-order valence-corrected chi connectivity index (χ0v) is 15.7. The average Bonchev–Trinajstić information content (AvgIpc) is 2.68. The van der Waals surface area contributed by atoms with Crippen LogP contribution >= 0.6 is 0 Å². The molecule has 1 aliphatic rings. The van der Waals surface area contributed by atoms with E-state index < -0.39 is 0 Å². The van der Waals surface area contributed by atoms with Gasteiger partial charge in [-0.25, -0.2) is 9.78 Å². The van der Waals surface area contributed by atoms with Crippen LogP contribution in [0.1, 0.15) is 19.2 Å². The lowest BCUT2D eigenvalue weighted by molar-refractivity contribution is 0.129. The van der Waals surface area contributed by atoms with Crippen LogP contribution in [-0.2, 0) is 11.3 Å². The van der Waals surface area contributed by atoms with Gasteiger partial charge in [-0.3, -0.25) is 9.69 Å². The number of urea groups is 1. The molecule has 2 aromatic rings. The van der Waals surface area contributed by atoms with Crippen molar-refractivity contribution in [3.8, 4) is 0 Å².